The van der Waals surface area contributed by atoms with Crippen molar-refractivity contribution in [3.63, 3.8) is 0 Å². The molecule has 132 valence electrons. The van der Waals surface area contributed by atoms with Crippen LogP contribution in [0.15, 0.2) is 12.2 Å². The number of carboxylic acids is 1. The average Bonchev–Trinajstić information content (AvgIpc) is 2.55. The van der Waals surface area contributed by atoms with Crippen molar-refractivity contribution >= 4 is 5.97 Å². The van der Waals surface area contributed by atoms with E-state index in [-0.39, 0.29) is 0 Å². The molecule has 0 radical (unpaired) electrons. The number of allylic oxidation sites excluding steroid dienone is 1. The molecule has 0 aliphatic heterocycles. The summed E-state index contributed by atoms with van der Waals surface area (Å²) in [4.78, 5) is 10.5. The second-order valence-corrected chi connectivity index (χ2v) is 8.12. The standard InChI is InChI=1S/C21H36O2/c1-2-4-17-7-11-19(12-8-17)15-16-20-13-9-18(10-14-20)5-3-6-21(22)23/h3,6,17-20H,2,4-5,7-16H2,1H3,(H,22,23)/b6-3+. The molecule has 2 saturated carbocycles. The zero-order valence-electron chi connectivity index (χ0n) is 15.0. The molecule has 0 amide bonds. The molecule has 1 N–H and O–H groups in total. The first kappa shape index (κ1) is 18.5. The zero-order chi connectivity index (χ0) is 16.5. The lowest BCUT2D eigenvalue weighted by molar-refractivity contribution is -0.131. The Kier molecular flexibility index (Phi) is 8.19. The topological polar surface area (TPSA) is 37.3 Å². The third kappa shape index (κ3) is 7.10. The minimum Gasteiger partial charge on any atom is -0.478 e. The first-order chi connectivity index (χ1) is 11.2. The minimum atomic E-state index is -0.813. The summed E-state index contributed by atoms with van der Waals surface area (Å²) in [5.41, 5.74) is 0. The quantitative estimate of drug-likeness (QED) is 0.540. The number of rotatable bonds is 8. The normalized spacial score (nSPS) is 32.2. The summed E-state index contributed by atoms with van der Waals surface area (Å²) in [5, 5.41) is 8.64. The van der Waals surface area contributed by atoms with Crippen molar-refractivity contribution in [1.82, 2.24) is 0 Å². The Morgan fingerprint density at radius 1 is 0.826 bits per heavy atom. The molecule has 0 unspecified atom stereocenters. The Hall–Kier alpha value is -0.790. The Morgan fingerprint density at radius 2 is 1.26 bits per heavy atom. The summed E-state index contributed by atoms with van der Waals surface area (Å²) in [5.74, 6) is 2.91. The van der Waals surface area contributed by atoms with Gasteiger partial charge in [0.2, 0.25) is 0 Å². The molecule has 2 fully saturated rings. The molecule has 0 bridgehead atoms. The van der Waals surface area contributed by atoms with Crippen LogP contribution in [-0.4, -0.2) is 11.1 Å². The highest BCUT2D eigenvalue weighted by Crippen LogP contribution is 2.38. The molecule has 0 aromatic heterocycles. The second kappa shape index (κ2) is 10.2. The highest BCUT2D eigenvalue weighted by atomic mass is 16.4. The van der Waals surface area contributed by atoms with Crippen LogP contribution in [0.2, 0.25) is 0 Å². The number of hydrogen-bond acceptors (Lipinski definition) is 1. The highest BCUT2D eigenvalue weighted by molar-refractivity contribution is 5.79. The zero-order valence-corrected chi connectivity index (χ0v) is 15.0. The van der Waals surface area contributed by atoms with Crippen molar-refractivity contribution in [2.45, 2.75) is 90.4 Å². The van der Waals surface area contributed by atoms with Crippen molar-refractivity contribution < 1.29 is 9.90 Å². The first-order valence-electron chi connectivity index (χ1n) is 10.1. The van der Waals surface area contributed by atoms with E-state index in [1.807, 2.05) is 6.08 Å². The van der Waals surface area contributed by atoms with Gasteiger partial charge in [-0.25, -0.2) is 4.79 Å². The van der Waals surface area contributed by atoms with Crippen LogP contribution in [-0.2, 0) is 4.79 Å². The Labute approximate surface area is 142 Å². The largest absolute Gasteiger partial charge is 0.478 e. The van der Waals surface area contributed by atoms with Crippen molar-refractivity contribution in [3.8, 4) is 0 Å². The van der Waals surface area contributed by atoms with Crippen LogP contribution < -0.4 is 0 Å². The van der Waals surface area contributed by atoms with Gasteiger partial charge in [-0.3, -0.25) is 0 Å². The fraction of sp³-hybridized carbons (Fsp3) is 0.857. The molecule has 2 nitrogen and oxygen atoms in total. The van der Waals surface area contributed by atoms with Gasteiger partial charge in [0, 0.05) is 6.08 Å². The summed E-state index contributed by atoms with van der Waals surface area (Å²) in [6.45, 7) is 2.32. The van der Waals surface area contributed by atoms with Gasteiger partial charge in [-0.05, 0) is 42.9 Å². The molecule has 0 saturated heterocycles. The second-order valence-electron chi connectivity index (χ2n) is 8.12. The van der Waals surface area contributed by atoms with Crippen LogP contribution in [0.1, 0.15) is 90.4 Å². The number of carboxylic acid groups (broad SMARTS) is 1. The molecule has 0 aromatic rings. The van der Waals surface area contributed by atoms with Gasteiger partial charge in [-0.2, -0.15) is 0 Å². The maximum atomic E-state index is 10.5. The van der Waals surface area contributed by atoms with Crippen molar-refractivity contribution in [2.24, 2.45) is 23.7 Å². The van der Waals surface area contributed by atoms with Gasteiger partial charge in [0.25, 0.3) is 0 Å². The highest BCUT2D eigenvalue weighted by Gasteiger charge is 2.24. The predicted molar refractivity (Wildman–Crippen MR) is 96.4 cm³/mol. The van der Waals surface area contributed by atoms with E-state index in [0.29, 0.717) is 0 Å². The van der Waals surface area contributed by atoms with Crippen LogP contribution in [0.3, 0.4) is 0 Å². The summed E-state index contributed by atoms with van der Waals surface area (Å²) in [6, 6.07) is 0. The molecule has 2 aliphatic rings. The fourth-order valence-corrected chi connectivity index (χ4v) is 4.81. The van der Waals surface area contributed by atoms with Gasteiger partial charge < -0.3 is 5.11 Å². The van der Waals surface area contributed by atoms with E-state index in [1.54, 1.807) is 0 Å². The SMILES string of the molecule is CCCC1CCC(CCC2CCC(C/C=C/C(=O)O)CC2)CC1. The molecule has 23 heavy (non-hydrogen) atoms. The Balaban J connectivity index is 1.56. The first-order valence-corrected chi connectivity index (χ1v) is 10.1. The minimum absolute atomic E-state index is 0.728. The molecular weight excluding hydrogens is 284 g/mol. The van der Waals surface area contributed by atoms with Gasteiger partial charge >= 0.3 is 5.97 Å². The third-order valence-electron chi connectivity index (χ3n) is 6.34. The lowest BCUT2D eigenvalue weighted by Crippen LogP contribution is -2.18. The summed E-state index contributed by atoms with van der Waals surface area (Å²) < 4.78 is 0. The lowest BCUT2D eigenvalue weighted by atomic mass is 9.74. The summed E-state index contributed by atoms with van der Waals surface area (Å²) in [7, 11) is 0. The van der Waals surface area contributed by atoms with Gasteiger partial charge in [0.05, 0.1) is 0 Å². The number of aliphatic carboxylic acids is 1. The average molecular weight is 321 g/mol. The molecule has 0 heterocycles. The van der Waals surface area contributed by atoms with Gasteiger partial charge in [-0.15, -0.1) is 0 Å². The lowest BCUT2D eigenvalue weighted by Gasteiger charge is -2.31. The Morgan fingerprint density at radius 3 is 1.70 bits per heavy atom. The molecule has 0 atom stereocenters. The van der Waals surface area contributed by atoms with E-state index < -0.39 is 5.97 Å². The van der Waals surface area contributed by atoms with Crippen LogP contribution in [0.25, 0.3) is 0 Å². The van der Waals surface area contributed by atoms with Gasteiger partial charge in [0.15, 0.2) is 0 Å². The predicted octanol–water partition coefficient (Wildman–Crippen LogP) is 6.21. The van der Waals surface area contributed by atoms with E-state index in [4.69, 9.17) is 5.11 Å². The van der Waals surface area contributed by atoms with E-state index in [0.717, 1.165) is 30.1 Å². The van der Waals surface area contributed by atoms with Gasteiger partial charge in [0.1, 0.15) is 0 Å². The van der Waals surface area contributed by atoms with Crippen molar-refractivity contribution in [1.29, 1.82) is 0 Å². The van der Waals surface area contributed by atoms with E-state index in [2.05, 4.69) is 6.92 Å². The smallest absolute Gasteiger partial charge is 0.327 e. The van der Waals surface area contributed by atoms with E-state index in [1.165, 1.54) is 83.1 Å². The number of hydrogen-bond donors (Lipinski definition) is 1. The fourth-order valence-electron chi connectivity index (χ4n) is 4.81. The molecule has 0 spiro atoms. The van der Waals surface area contributed by atoms with E-state index >= 15 is 0 Å². The van der Waals surface area contributed by atoms with Crippen molar-refractivity contribution in [3.05, 3.63) is 12.2 Å². The van der Waals surface area contributed by atoms with Crippen LogP contribution in [0.5, 0.6) is 0 Å². The molecule has 0 aromatic carbocycles. The number of carbonyl (C=O) groups is 1. The van der Waals surface area contributed by atoms with E-state index in [9.17, 15) is 4.79 Å². The molecule has 2 aliphatic carbocycles. The molecule has 2 heteroatoms. The van der Waals surface area contributed by atoms with Crippen LogP contribution in [0, 0.1) is 23.7 Å². The monoisotopic (exact) mass is 320 g/mol. The van der Waals surface area contributed by atoms with Gasteiger partial charge in [-0.1, -0.05) is 77.2 Å². The molecular formula is C21H36O2. The maximum absolute atomic E-state index is 10.5. The third-order valence-corrected chi connectivity index (χ3v) is 6.34. The van der Waals surface area contributed by atoms with Crippen LogP contribution >= 0.6 is 0 Å². The summed E-state index contributed by atoms with van der Waals surface area (Å²) in [6.07, 6.45) is 21.1. The Bertz CT molecular complexity index is 358. The molecule has 2 rings (SSSR count). The van der Waals surface area contributed by atoms with Crippen LogP contribution in [0.4, 0.5) is 0 Å². The maximum Gasteiger partial charge on any atom is 0.327 e. The van der Waals surface area contributed by atoms with Crippen molar-refractivity contribution in [2.75, 3.05) is 0 Å². The summed E-state index contributed by atoms with van der Waals surface area (Å²) >= 11 is 0.